The third kappa shape index (κ3) is 3.30. The minimum absolute atomic E-state index is 0.0258. The van der Waals surface area contributed by atoms with Gasteiger partial charge in [-0.05, 0) is 24.8 Å². The van der Waals surface area contributed by atoms with Crippen molar-refractivity contribution in [1.29, 1.82) is 0 Å². The number of hydrogen-bond acceptors (Lipinski definition) is 4. The Kier molecular flexibility index (Phi) is 4.14. The van der Waals surface area contributed by atoms with Crippen LogP contribution in [0.15, 0.2) is 23.2 Å². The fourth-order valence-corrected chi connectivity index (χ4v) is 2.45. The molecule has 0 radical (unpaired) electrons. The standard InChI is InChI=1S/C14H18N2O3/c1-10-4-2-3-5-13(10)15-9-11-8-12(16(18)19)6-7-14(11)17/h6-10,13,17H,2-5H2,1H3/t10-,13-/m1/s1. The molecule has 2 rings (SSSR count). The van der Waals surface area contributed by atoms with E-state index in [1.54, 1.807) is 6.21 Å². The van der Waals surface area contributed by atoms with E-state index < -0.39 is 4.92 Å². The molecule has 1 aromatic carbocycles. The first-order chi connectivity index (χ1) is 9.08. The molecule has 0 aliphatic heterocycles. The number of nitro groups is 1. The summed E-state index contributed by atoms with van der Waals surface area (Å²) in [5, 5.41) is 20.4. The third-order valence-corrected chi connectivity index (χ3v) is 3.69. The van der Waals surface area contributed by atoms with Gasteiger partial charge in [0.15, 0.2) is 0 Å². The van der Waals surface area contributed by atoms with E-state index in [4.69, 9.17) is 0 Å². The fraction of sp³-hybridized carbons (Fsp3) is 0.500. The average molecular weight is 262 g/mol. The number of rotatable bonds is 3. The van der Waals surface area contributed by atoms with Crippen molar-refractivity contribution >= 4 is 11.9 Å². The predicted octanol–water partition coefficient (Wildman–Crippen LogP) is 3.30. The van der Waals surface area contributed by atoms with Gasteiger partial charge in [-0.25, -0.2) is 0 Å². The number of non-ortho nitro benzene ring substituents is 1. The quantitative estimate of drug-likeness (QED) is 0.516. The topological polar surface area (TPSA) is 75.7 Å². The van der Waals surface area contributed by atoms with Gasteiger partial charge in [-0.1, -0.05) is 19.8 Å². The zero-order valence-corrected chi connectivity index (χ0v) is 11.0. The van der Waals surface area contributed by atoms with E-state index in [9.17, 15) is 15.2 Å². The molecule has 1 fully saturated rings. The van der Waals surface area contributed by atoms with Gasteiger partial charge in [0.05, 0.1) is 11.0 Å². The molecule has 0 saturated heterocycles. The van der Waals surface area contributed by atoms with Gasteiger partial charge in [0.2, 0.25) is 0 Å². The van der Waals surface area contributed by atoms with Crippen LogP contribution in [0.4, 0.5) is 5.69 Å². The molecular formula is C14H18N2O3. The zero-order chi connectivity index (χ0) is 13.8. The average Bonchev–Trinajstić information content (AvgIpc) is 2.39. The van der Waals surface area contributed by atoms with Crippen LogP contribution in [-0.4, -0.2) is 22.3 Å². The first-order valence-electron chi connectivity index (χ1n) is 6.58. The van der Waals surface area contributed by atoms with Crippen LogP contribution in [0.5, 0.6) is 5.75 Å². The van der Waals surface area contributed by atoms with Gasteiger partial charge in [0.1, 0.15) is 5.75 Å². The number of benzene rings is 1. The molecule has 0 aromatic heterocycles. The summed E-state index contributed by atoms with van der Waals surface area (Å²) in [7, 11) is 0. The Balaban J connectivity index is 2.17. The second-order valence-corrected chi connectivity index (χ2v) is 5.11. The second kappa shape index (κ2) is 5.82. The van der Waals surface area contributed by atoms with Crippen molar-refractivity contribution < 1.29 is 10.0 Å². The zero-order valence-electron chi connectivity index (χ0n) is 11.0. The number of aromatic hydroxyl groups is 1. The highest BCUT2D eigenvalue weighted by Gasteiger charge is 2.20. The van der Waals surface area contributed by atoms with Crippen molar-refractivity contribution in [1.82, 2.24) is 0 Å². The summed E-state index contributed by atoms with van der Waals surface area (Å²) >= 11 is 0. The van der Waals surface area contributed by atoms with Gasteiger partial charge in [-0.15, -0.1) is 0 Å². The molecule has 0 bridgehead atoms. The van der Waals surface area contributed by atoms with E-state index in [2.05, 4.69) is 11.9 Å². The summed E-state index contributed by atoms with van der Waals surface area (Å²) in [5.41, 5.74) is 0.378. The summed E-state index contributed by atoms with van der Waals surface area (Å²) in [6.07, 6.45) is 6.20. The largest absolute Gasteiger partial charge is 0.507 e. The molecule has 5 nitrogen and oxygen atoms in total. The first kappa shape index (κ1) is 13.5. The van der Waals surface area contributed by atoms with Crippen molar-refractivity contribution in [3.63, 3.8) is 0 Å². The smallest absolute Gasteiger partial charge is 0.270 e. The molecule has 5 heteroatoms. The summed E-state index contributed by atoms with van der Waals surface area (Å²) < 4.78 is 0. The summed E-state index contributed by atoms with van der Waals surface area (Å²) in [6.45, 7) is 2.18. The van der Waals surface area contributed by atoms with Crippen LogP contribution in [0.1, 0.15) is 38.2 Å². The lowest BCUT2D eigenvalue weighted by molar-refractivity contribution is -0.384. The van der Waals surface area contributed by atoms with E-state index >= 15 is 0 Å². The van der Waals surface area contributed by atoms with Crippen LogP contribution in [0.2, 0.25) is 0 Å². The second-order valence-electron chi connectivity index (χ2n) is 5.11. The van der Waals surface area contributed by atoms with Crippen molar-refractivity contribution in [3.8, 4) is 5.75 Å². The molecular weight excluding hydrogens is 244 g/mol. The molecule has 1 aromatic rings. The Morgan fingerprint density at radius 2 is 2.16 bits per heavy atom. The van der Waals surface area contributed by atoms with E-state index in [0.717, 1.165) is 6.42 Å². The molecule has 1 aliphatic carbocycles. The Morgan fingerprint density at radius 1 is 1.42 bits per heavy atom. The lowest BCUT2D eigenvalue weighted by Crippen LogP contribution is -2.20. The van der Waals surface area contributed by atoms with E-state index in [1.807, 2.05) is 0 Å². The van der Waals surface area contributed by atoms with Crippen LogP contribution in [0.3, 0.4) is 0 Å². The Labute approximate surface area is 112 Å². The van der Waals surface area contributed by atoms with Crippen LogP contribution in [0, 0.1) is 16.0 Å². The number of phenolic OH excluding ortho intramolecular Hbond substituents is 1. The Bertz CT molecular complexity index is 499. The first-order valence-corrected chi connectivity index (χ1v) is 6.58. The van der Waals surface area contributed by atoms with Gasteiger partial charge in [-0.2, -0.15) is 0 Å². The van der Waals surface area contributed by atoms with Crippen molar-refractivity contribution in [2.45, 2.75) is 38.6 Å². The number of aliphatic imine (C=N–C) groups is 1. The molecule has 102 valence electrons. The number of nitrogens with zero attached hydrogens (tertiary/aromatic N) is 2. The van der Waals surface area contributed by atoms with Crippen LogP contribution >= 0.6 is 0 Å². The van der Waals surface area contributed by atoms with Gasteiger partial charge in [0.25, 0.3) is 5.69 Å². The summed E-state index contributed by atoms with van der Waals surface area (Å²) in [4.78, 5) is 14.7. The third-order valence-electron chi connectivity index (χ3n) is 3.69. The van der Waals surface area contributed by atoms with Crippen molar-refractivity contribution in [3.05, 3.63) is 33.9 Å². The SMILES string of the molecule is C[C@@H]1CCCC[C@H]1N=Cc1cc([N+](=O)[O-])ccc1O. The monoisotopic (exact) mass is 262 g/mol. The molecule has 0 amide bonds. The highest BCUT2D eigenvalue weighted by molar-refractivity contribution is 5.84. The Morgan fingerprint density at radius 3 is 2.84 bits per heavy atom. The maximum atomic E-state index is 10.7. The molecule has 0 unspecified atom stereocenters. The van der Waals surface area contributed by atoms with Gasteiger partial charge >= 0.3 is 0 Å². The molecule has 19 heavy (non-hydrogen) atoms. The molecule has 1 aliphatic rings. The van der Waals surface area contributed by atoms with E-state index in [0.29, 0.717) is 11.5 Å². The summed E-state index contributed by atoms with van der Waals surface area (Å²) in [6, 6.07) is 4.24. The molecule has 1 saturated carbocycles. The Hall–Kier alpha value is -1.91. The number of phenols is 1. The van der Waals surface area contributed by atoms with E-state index in [-0.39, 0.29) is 17.5 Å². The fourth-order valence-electron chi connectivity index (χ4n) is 2.45. The maximum Gasteiger partial charge on any atom is 0.270 e. The van der Waals surface area contributed by atoms with Crippen molar-refractivity contribution in [2.24, 2.45) is 10.9 Å². The predicted molar refractivity (Wildman–Crippen MR) is 73.8 cm³/mol. The molecule has 1 N–H and O–H groups in total. The molecule has 2 atom stereocenters. The van der Waals surface area contributed by atoms with Crippen molar-refractivity contribution in [2.75, 3.05) is 0 Å². The van der Waals surface area contributed by atoms with Gasteiger partial charge < -0.3 is 5.11 Å². The van der Waals surface area contributed by atoms with Gasteiger partial charge in [0, 0.05) is 23.9 Å². The lowest BCUT2D eigenvalue weighted by Gasteiger charge is -2.25. The highest BCUT2D eigenvalue weighted by atomic mass is 16.6. The normalized spacial score (nSPS) is 23.6. The number of hydrogen-bond donors (Lipinski definition) is 1. The molecule has 0 spiro atoms. The van der Waals surface area contributed by atoms with E-state index in [1.165, 1.54) is 37.5 Å². The van der Waals surface area contributed by atoms with Crippen LogP contribution < -0.4 is 0 Å². The minimum Gasteiger partial charge on any atom is -0.507 e. The van der Waals surface area contributed by atoms with Gasteiger partial charge in [-0.3, -0.25) is 15.1 Å². The summed E-state index contributed by atoms with van der Waals surface area (Å²) in [5.74, 6) is 0.559. The van der Waals surface area contributed by atoms with Crippen LogP contribution in [0.25, 0.3) is 0 Å². The number of nitro benzene ring substituents is 1. The highest BCUT2D eigenvalue weighted by Crippen LogP contribution is 2.27. The maximum absolute atomic E-state index is 10.7. The lowest BCUT2D eigenvalue weighted by atomic mass is 9.86. The minimum atomic E-state index is -0.472. The van der Waals surface area contributed by atoms with Crippen LogP contribution in [-0.2, 0) is 0 Å². The molecule has 0 heterocycles.